The van der Waals surface area contributed by atoms with Crippen molar-refractivity contribution >= 4 is 6.08 Å². The molecule has 0 bridgehead atoms. The first-order valence-electron chi connectivity index (χ1n) is 5.04. The lowest BCUT2D eigenvalue weighted by atomic mass is 9.90. The molecule has 0 radical (unpaired) electrons. The minimum Gasteiger partial charge on any atom is -0.211 e. The fourth-order valence-corrected chi connectivity index (χ4v) is 2.01. The van der Waals surface area contributed by atoms with Gasteiger partial charge in [0.05, 0.1) is 6.54 Å². The summed E-state index contributed by atoms with van der Waals surface area (Å²) in [5.41, 5.74) is 4.03. The Morgan fingerprint density at radius 3 is 2.79 bits per heavy atom. The van der Waals surface area contributed by atoms with Crippen LogP contribution >= 0.6 is 0 Å². The van der Waals surface area contributed by atoms with E-state index in [1.807, 2.05) is 0 Å². The highest BCUT2D eigenvalue weighted by Gasteiger charge is 2.08. The van der Waals surface area contributed by atoms with Crippen LogP contribution in [0.5, 0.6) is 0 Å². The van der Waals surface area contributed by atoms with Gasteiger partial charge in [0.2, 0.25) is 6.08 Å². The van der Waals surface area contributed by atoms with Gasteiger partial charge in [-0.05, 0) is 42.4 Å². The van der Waals surface area contributed by atoms with Crippen LogP contribution in [0.4, 0.5) is 0 Å². The third-order valence-corrected chi connectivity index (χ3v) is 2.74. The van der Waals surface area contributed by atoms with Gasteiger partial charge >= 0.3 is 0 Å². The topological polar surface area (TPSA) is 29.4 Å². The van der Waals surface area contributed by atoms with E-state index >= 15 is 0 Å². The van der Waals surface area contributed by atoms with E-state index < -0.39 is 0 Å². The maximum Gasteiger partial charge on any atom is 0.235 e. The summed E-state index contributed by atoms with van der Waals surface area (Å²) in [6, 6.07) is 6.41. The Labute approximate surface area is 83.7 Å². The fourth-order valence-electron chi connectivity index (χ4n) is 2.01. The molecule has 1 aliphatic rings. The molecular formula is C12H13NO. The van der Waals surface area contributed by atoms with E-state index in [9.17, 15) is 4.79 Å². The van der Waals surface area contributed by atoms with Crippen LogP contribution in [0.25, 0.3) is 0 Å². The third-order valence-electron chi connectivity index (χ3n) is 2.74. The zero-order chi connectivity index (χ0) is 9.80. The van der Waals surface area contributed by atoms with Crippen LogP contribution in [0, 0.1) is 0 Å². The summed E-state index contributed by atoms with van der Waals surface area (Å²) in [5, 5.41) is 0. The Morgan fingerprint density at radius 2 is 2.00 bits per heavy atom. The quantitative estimate of drug-likeness (QED) is 0.516. The summed E-state index contributed by atoms with van der Waals surface area (Å²) >= 11 is 0. The Morgan fingerprint density at radius 1 is 1.21 bits per heavy atom. The van der Waals surface area contributed by atoms with Crippen molar-refractivity contribution < 1.29 is 4.79 Å². The number of rotatable bonds is 2. The van der Waals surface area contributed by atoms with Crippen LogP contribution in [-0.4, -0.2) is 6.08 Å². The molecule has 0 amide bonds. The zero-order valence-electron chi connectivity index (χ0n) is 8.12. The monoisotopic (exact) mass is 187 g/mol. The predicted octanol–water partition coefficient (Wildman–Crippen LogP) is 2.40. The maximum atomic E-state index is 9.98. The molecule has 0 N–H and O–H groups in total. The van der Waals surface area contributed by atoms with Crippen molar-refractivity contribution in [3.63, 3.8) is 0 Å². The van der Waals surface area contributed by atoms with Crippen molar-refractivity contribution in [3.05, 3.63) is 34.9 Å². The number of benzene rings is 1. The van der Waals surface area contributed by atoms with Crippen LogP contribution in [-0.2, 0) is 24.2 Å². The van der Waals surface area contributed by atoms with E-state index in [0.717, 1.165) is 5.56 Å². The van der Waals surface area contributed by atoms with Gasteiger partial charge in [0, 0.05) is 0 Å². The molecule has 0 heterocycles. The molecule has 0 saturated carbocycles. The zero-order valence-corrected chi connectivity index (χ0v) is 8.12. The maximum absolute atomic E-state index is 9.98. The van der Waals surface area contributed by atoms with Crippen molar-refractivity contribution in [2.75, 3.05) is 0 Å². The molecule has 2 heteroatoms. The first-order valence-corrected chi connectivity index (χ1v) is 5.04. The minimum absolute atomic E-state index is 0.469. The van der Waals surface area contributed by atoms with Gasteiger partial charge < -0.3 is 0 Å². The van der Waals surface area contributed by atoms with Gasteiger partial charge in [0.25, 0.3) is 0 Å². The summed E-state index contributed by atoms with van der Waals surface area (Å²) in [4.78, 5) is 13.6. The molecular weight excluding hydrogens is 174 g/mol. The van der Waals surface area contributed by atoms with Crippen molar-refractivity contribution in [2.24, 2.45) is 4.99 Å². The van der Waals surface area contributed by atoms with Gasteiger partial charge in [-0.3, -0.25) is 0 Å². The van der Waals surface area contributed by atoms with Gasteiger partial charge in [-0.2, -0.15) is 0 Å². The number of isocyanates is 1. The van der Waals surface area contributed by atoms with Crippen molar-refractivity contribution in [1.29, 1.82) is 0 Å². The largest absolute Gasteiger partial charge is 0.235 e. The van der Waals surface area contributed by atoms with Crippen LogP contribution in [0.1, 0.15) is 29.5 Å². The summed E-state index contributed by atoms with van der Waals surface area (Å²) < 4.78 is 0. The Balaban J connectivity index is 2.24. The molecule has 0 unspecified atom stereocenters. The molecule has 1 aromatic rings. The lowest BCUT2D eigenvalue weighted by molar-refractivity contribution is 0.562. The van der Waals surface area contributed by atoms with Crippen LogP contribution in [0.15, 0.2) is 23.2 Å². The van der Waals surface area contributed by atoms with Gasteiger partial charge in [-0.15, -0.1) is 0 Å². The highest BCUT2D eigenvalue weighted by molar-refractivity contribution is 5.36. The van der Waals surface area contributed by atoms with Crippen LogP contribution in [0.2, 0.25) is 0 Å². The average molecular weight is 187 g/mol. The number of nitrogens with zero attached hydrogens (tertiary/aromatic N) is 1. The fraction of sp³-hybridized carbons (Fsp3) is 0.417. The molecule has 1 aliphatic carbocycles. The summed E-state index contributed by atoms with van der Waals surface area (Å²) in [7, 11) is 0. The van der Waals surface area contributed by atoms with E-state index in [1.165, 1.54) is 36.8 Å². The Bertz CT molecular complexity index is 378. The predicted molar refractivity (Wildman–Crippen MR) is 54.9 cm³/mol. The van der Waals surface area contributed by atoms with Gasteiger partial charge in [0.15, 0.2) is 0 Å². The second-order valence-electron chi connectivity index (χ2n) is 3.72. The highest BCUT2D eigenvalue weighted by atomic mass is 16.1. The molecule has 0 fully saturated rings. The second kappa shape index (κ2) is 4.21. The molecule has 0 saturated heterocycles. The number of carbonyl (C=O) groups excluding carboxylic acids is 1. The van der Waals surface area contributed by atoms with E-state index in [-0.39, 0.29) is 0 Å². The normalized spacial score (nSPS) is 14.3. The summed E-state index contributed by atoms with van der Waals surface area (Å²) in [6.07, 6.45) is 6.54. The lowest BCUT2D eigenvalue weighted by Gasteiger charge is -2.15. The first-order chi connectivity index (χ1) is 6.90. The Hall–Kier alpha value is -1.40. The molecule has 14 heavy (non-hydrogen) atoms. The summed E-state index contributed by atoms with van der Waals surface area (Å²) in [6.45, 7) is 0.469. The number of aryl methyl sites for hydroxylation is 2. The van der Waals surface area contributed by atoms with Gasteiger partial charge in [-0.1, -0.05) is 18.2 Å². The summed E-state index contributed by atoms with van der Waals surface area (Å²) in [5.74, 6) is 0. The van der Waals surface area contributed by atoms with E-state index in [4.69, 9.17) is 0 Å². The van der Waals surface area contributed by atoms with Crippen LogP contribution in [0.3, 0.4) is 0 Å². The van der Waals surface area contributed by atoms with Gasteiger partial charge in [-0.25, -0.2) is 9.79 Å². The molecule has 0 spiro atoms. The number of hydrogen-bond donors (Lipinski definition) is 0. The van der Waals surface area contributed by atoms with E-state index in [1.54, 1.807) is 6.08 Å². The van der Waals surface area contributed by atoms with Gasteiger partial charge in [0.1, 0.15) is 0 Å². The minimum atomic E-state index is 0.469. The number of fused-ring (bicyclic) bond motifs is 1. The molecule has 0 aliphatic heterocycles. The smallest absolute Gasteiger partial charge is 0.211 e. The molecule has 2 rings (SSSR count). The van der Waals surface area contributed by atoms with Crippen molar-refractivity contribution in [1.82, 2.24) is 0 Å². The highest BCUT2D eigenvalue weighted by Crippen LogP contribution is 2.22. The van der Waals surface area contributed by atoms with Crippen molar-refractivity contribution in [3.8, 4) is 0 Å². The number of hydrogen-bond acceptors (Lipinski definition) is 2. The molecule has 0 aromatic heterocycles. The first kappa shape index (κ1) is 9.17. The number of aliphatic imine (C=N–C) groups is 1. The molecule has 0 atom stereocenters. The second-order valence-corrected chi connectivity index (χ2v) is 3.72. The third kappa shape index (κ3) is 1.91. The lowest BCUT2D eigenvalue weighted by Crippen LogP contribution is -2.02. The van der Waals surface area contributed by atoms with Crippen molar-refractivity contribution in [2.45, 2.75) is 32.2 Å². The Kier molecular flexibility index (Phi) is 2.76. The molecule has 1 aromatic carbocycles. The SMILES string of the molecule is O=C=NCc1ccc2c(c1)CCCC2. The van der Waals surface area contributed by atoms with E-state index in [2.05, 4.69) is 23.2 Å². The van der Waals surface area contributed by atoms with E-state index in [0.29, 0.717) is 6.54 Å². The standard InChI is InChI=1S/C12H13NO/c14-9-13-8-10-5-6-11-3-1-2-4-12(11)7-10/h5-7H,1-4,8H2. The van der Waals surface area contributed by atoms with Crippen LogP contribution < -0.4 is 0 Å². The molecule has 72 valence electrons. The average Bonchev–Trinajstić information content (AvgIpc) is 2.26. The molecule has 2 nitrogen and oxygen atoms in total.